The molecule has 0 bridgehead atoms. The zero-order valence-corrected chi connectivity index (χ0v) is 8.60. The molecule has 0 spiro atoms. The number of allylic oxidation sites excluding steroid dienone is 2. The molecule has 1 aliphatic carbocycles. The molecule has 0 heterocycles. The van der Waals surface area contributed by atoms with Crippen molar-refractivity contribution in [2.45, 2.75) is 58.8 Å². The first-order valence-electron chi connectivity index (χ1n) is 5.53. The van der Waals surface area contributed by atoms with Crippen LogP contribution in [-0.4, -0.2) is 0 Å². The largest absolute Gasteiger partial charge is 0.0882 e. The average Bonchev–Trinajstić information content (AvgIpc) is 2.15. The van der Waals surface area contributed by atoms with E-state index >= 15 is 0 Å². The highest BCUT2D eigenvalue weighted by Gasteiger charge is 2.15. The molecule has 0 aromatic heterocycles. The van der Waals surface area contributed by atoms with Gasteiger partial charge in [-0.05, 0) is 32.1 Å². The standard InChI is InChI=1S/C12H22/c1-3-8-11(4-2)12-9-6-5-7-10-12/h4,12H,3,5-10H2,1-2H3. The van der Waals surface area contributed by atoms with E-state index in [9.17, 15) is 0 Å². The lowest BCUT2D eigenvalue weighted by atomic mass is 9.82. The Labute approximate surface area is 77.1 Å². The van der Waals surface area contributed by atoms with Crippen LogP contribution in [-0.2, 0) is 0 Å². The summed E-state index contributed by atoms with van der Waals surface area (Å²) in [5.41, 5.74) is 1.73. The Kier molecular flexibility index (Phi) is 4.42. The van der Waals surface area contributed by atoms with Crippen molar-refractivity contribution in [1.29, 1.82) is 0 Å². The predicted molar refractivity (Wildman–Crippen MR) is 55.2 cm³/mol. The summed E-state index contributed by atoms with van der Waals surface area (Å²) in [7, 11) is 0. The predicted octanol–water partition coefficient (Wildman–Crippen LogP) is 4.31. The minimum absolute atomic E-state index is 0.948. The molecule has 0 N–H and O–H groups in total. The van der Waals surface area contributed by atoms with Crippen molar-refractivity contribution in [2.24, 2.45) is 5.92 Å². The van der Waals surface area contributed by atoms with Crippen molar-refractivity contribution in [2.75, 3.05) is 0 Å². The van der Waals surface area contributed by atoms with Crippen molar-refractivity contribution >= 4 is 0 Å². The fourth-order valence-corrected chi connectivity index (χ4v) is 2.35. The third kappa shape index (κ3) is 2.66. The minimum Gasteiger partial charge on any atom is -0.0882 e. The normalized spacial score (nSPS) is 21.3. The Bertz CT molecular complexity index is 138. The van der Waals surface area contributed by atoms with E-state index in [1.54, 1.807) is 5.57 Å². The second kappa shape index (κ2) is 5.40. The van der Waals surface area contributed by atoms with E-state index < -0.39 is 0 Å². The third-order valence-electron chi connectivity index (χ3n) is 3.04. The molecule has 0 nitrogen and oxygen atoms in total. The highest BCUT2D eigenvalue weighted by atomic mass is 14.2. The molecule has 1 aliphatic rings. The molecule has 70 valence electrons. The van der Waals surface area contributed by atoms with E-state index in [0.29, 0.717) is 0 Å². The molecular weight excluding hydrogens is 144 g/mol. The fourth-order valence-electron chi connectivity index (χ4n) is 2.35. The van der Waals surface area contributed by atoms with Gasteiger partial charge in [-0.15, -0.1) is 0 Å². The van der Waals surface area contributed by atoms with Gasteiger partial charge in [-0.2, -0.15) is 0 Å². The van der Waals surface area contributed by atoms with Gasteiger partial charge in [0, 0.05) is 0 Å². The highest BCUT2D eigenvalue weighted by molar-refractivity contribution is 5.06. The Hall–Kier alpha value is -0.260. The molecule has 0 heteroatoms. The zero-order valence-electron chi connectivity index (χ0n) is 8.60. The monoisotopic (exact) mass is 166 g/mol. The van der Waals surface area contributed by atoms with Gasteiger partial charge >= 0.3 is 0 Å². The molecule has 12 heavy (non-hydrogen) atoms. The van der Waals surface area contributed by atoms with E-state index in [-0.39, 0.29) is 0 Å². The van der Waals surface area contributed by atoms with Crippen LogP contribution in [0.25, 0.3) is 0 Å². The lowest BCUT2D eigenvalue weighted by molar-refractivity contribution is 0.394. The smallest absolute Gasteiger partial charge is 0.0203 e. The van der Waals surface area contributed by atoms with Crippen molar-refractivity contribution < 1.29 is 0 Å². The summed E-state index contributed by atoms with van der Waals surface area (Å²) >= 11 is 0. The lowest BCUT2D eigenvalue weighted by Gasteiger charge is -2.24. The van der Waals surface area contributed by atoms with Crippen LogP contribution < -0.4 is 0 Å². The molecule has 0 radical (unpaired) electrons. The highest BCUT2D eigenvalue weighted by Crippen LogP contribution is 2.31. The molecule has 0 unspecified atom stereocenters. The molecular formula is C12H22. The van der Waals surface area contributed by atoms with Crippen LogP contribution in [0.3, 0.4) is 0 Å². The summed E-state index contributed by atoms with van der Waals surface area (Å²) in [6.07, 6.45) is 12.3. The summed E-state index contributed by atoms with van der Waals surface area (Å²) in [6, 6.07) is 0. The Morgan fingerprint density at radius 2 is 1.92 bits per heavy atom. The van der Waals surface area contributed by atoms with Crippen LogP contribution in [0.4, 0.5) is 0 Å². The molecule has 1 fully saturated rings. The van der Waals surface area contributed by atoms with Gasteiger partial charge in [0.25, 0.3) is 0 Å². The van der Waals surface area contributed by atoms with Crippen LogP contribution in [0.1, 0.15) is 58.8 Å². The Morgan fingerprint density at radius 1 is 1.25 bits per heavy atom. The lowest BCUT2D eigenvalue weighted by Crippen LogP contribution is -2.08. The molecule has 0 aromatic carbocycles. The molecule has 0 atom stereocenters. The maximum absolute atomic E-state index is 2.36. The van der Waals surface area contributed by atoms with E-state index in [0.717, 1.165) is 5.92 Å². The zero-order chi connectivity index (χ0) is 8.81. The molecule has 1 rings (SSSR count). The summed E-state index contributed by atoms with van der Waals surface area (Å²) in [4.78, 5) is 0. The fraction of sp³-hybridized carbons (Fsp3) is 0.833. The summed E-state index contributed by atoms with van der Waals surface area (Å²) in [6.45, 7) is 4.49. The first kappa shape index (κ1) is 9.83. The molecule has 1 saturated carbocycles. The van der Waals surface area contributed by atoms with E-state index in [4.69, 9.17) is 0 Å². The van der Waals surface area contributed by atoms with Crippen molar-refractivity contribution in [3.8, 4) is 0 Å². The topological polar surface area (TPSA) is 0 Å². The summed E-state index contributed by atoms with van der Waals surface area (Å²) < 4.78 is 0. The maximum Gasteiger partial charge on any atom is -0.0203 e. The van der Waals surface area contributed by atoms with Gasteiger partial charge < -0.3 is 0 Å². The van der Waals surface area contributed by atoms with E-state index in [1.165, 1.54) is 44.9 Å². The van der Waals surface area contributed by atoms with E-state index in [2.05, 4.69) is 19.9 Å². The molecule has 0 aliphatic heterocycles. The average molecular weight is 166 g/mol. The van der Waals surface area contributed by atoms with Crippen LogP contribution in [0.2, 0.25) is 0 Å². The molecule has 0 saturated heterocycles. The van der Waals surface area contributed by atoms with Crippen molar-refractivity contribution in [1.82, 2.24) is 0 Å². The SMILES string of the molecule is CC=C(CCC)C1CCCCC1. The van der Waals surface area contributed by atoms with Crippen LogP contribution in [0.5, 0.6) is 0 Å². The molecule has 0 amide bonds. The first-order chi connectivity index (χ1) is 5.88. The Balaban J connectivity index is 2.41. The van der Waals surface area contributed by atoms with Gasteiger partial charge in [0.05, 0.1) is 0 Å². The number of hydrogen-bond donors (Lipinski definition) is 0. The summed E-state index contributed by atoms with van der Waals surface area (Å²) in [5, 5.41) is 0. The van der Waals surface area contributed by atoms with Gasteiger partial charge in [-0.25, -0.2) is 0 Å². The van der Waals surface area contributed by atoms with Crippen molar-refractivity contribution in [3.63, 3.8) is 0 Å². The second-order valence-corrected chi connectivity index (χ2v) is 3.95. The summed E-state index contributed by atoms with van der Waals surface area (Å²) in [5.74, 6) is 0.948. The minimum atomic E-state index is 0.948. The maximum atomic E-state index is 2.36. The second-order valence-electron chi connectivity index (χ2n) is 3.95. The van der Waals surface area contributed by atoms with Crippen LogP contribution in [0.15, 0.2) is 11.6 Å². The van der Waals surface area contributed by atoms with Gasteiger partial charge in [-0.3, -0.25) is 0 Å². The van der Waals surface area contributed by atoms with Gasteiger partial charge in [0.2, 0.25) is 0 Å². The molecule has 0 aromatic rings. The van der Waals surface area contributed by atoms with Crippen LogP contribution >= 0.6 is 0 Å². The number of hydrogen-bond acceptors (Lipinski definition) is 0. The van der Waals surface area contributed by atoms with Gasteiger partial charge in [-0.1, -0.05) is 44.3 Å². The van der Waals surface area contributed by atoms with Gasteiger partial charge in [0.15, 0.2) is 0 Å². The number of rotatable bonds is 3. The third-order valence-corrected chi connectivity index (χ3v) is 3.04. The van der Waals surface area contributed by atoms with E-state index in [1.807, 2.05) is 0 Å². The quantitative estimate of drug-likeness (QED) is 0.548. The first-order valence-corrected chi connectivity index (χ1v) is 5.53. The van der Waals surface area contributed by atoms with Crippen LogP contribution in [0, 0.1) is 5.92 Å². The van der Waals surface area contributed by atoms with Crippen molar-refractivity contribution in [3.05, 3.63) is 11.6 Å². The Morgan fingerprint density at radius 3 is 2.42 bits per heavy atom. The van der Waals surface area contributed by atoms with Gasteiger partial charge in [0.1, 0.15) is 0 Å².